The molecule has 13 nitrogen and oxygen atoms in total. The molecule has 1 saturated heterocycles. The van der Waals surface area contributed by atoms with E-state index in [1.807, 2.05) is 0 Å². The molecular formula is C29H29Cl2N5O8S2. The average Bonchev–Trinajstić information content (AvgIpc) is 3.44. The van der Waals surface area contributed by atoms with Crippen molar-refractivity contribution in [3.63, 3.8) is 0 Å². The number of hydrogen-bond acceptors (Lipinski definition) is 11. The highest BCUT2D eigenvalue weighted by Crippen LogP contribution is 2.36. The molecule has 0 bridgehead atoms. The van der Waals surface area contributed by atoms with Crippen LogP contribution < -0.4 is 18.8 Å². The predicted molar refractivity (Wildman–Crippen MR) is 176 cm³/mol. The van der Waals surface area contributed by atoms with Crippen LogP contribution in [0.4, 0.5) is 11.5 Å². The van der Waals surface area contributed by atoms with Crippen molar-refractivity contribution in [2.45, 2.75) is 25.8 Å². The van der Waals surface area contributed by atoms with Crippen molar-refractivity contribution in [3.05, 3.63) is 80.8 Å². The van der Waals surface area contributed by atoms with Gasteiger partial charge in [-0.3, -0.25) is 4.79 Å². The van der Waals surface area contributed by atoms with Crippen LogP contribution in [0.3, 0.4) is 0 Å². The van der Waals surface area contributed by atoms with Crippen molar-refractivity contribution < 1.29 is 31.1 Å². The Kier molecular flexibility index (Phi) is 9.50. The summed E-state index contributed by atoms with van der Waals surface area (Å²) in [4.78, 5) is 36.7. The lowest BCUT2D eigenvalue weighted by molar-refractivity contribution is 0.0524. The van der Waals surface area contributed by atoms with Gasteiger partial charge in [-0.25, -0.2) is 31.6 Å². The third-order valence-corrected chi connectivity index (χ3v) is 11.0. The van der Waals surface area contributed by atoms with Crippen molar-refractivity contribution in [2.75, 3.05) is 40.9 Å². The van der Waals surface area contributed by atoms with Gasteiger partial charge in [0.25, 0.3) is 0 Å². The summed E-state index contributed by atoms with van der Waals surface area (Å²) in [5, 5.41) is 0.767. The molecule has 1 atom stereocenters. The quantitative estimate of drug-likeness (QED) is 0.219. The summed E-state index contributed by atoms with van der Waals surface area (Å²) in [5.41, 5.74) is 0.384. The number of benzene rings is 1. The number of halogens is 2. The Labute approximate surface area is 275 Å². The Morgan fingerprint density at radius 3 is 2.43 bits per heavy atom. The first-order valence-electron chi connectivity index (χ1n) is 13.9. The minimum absolute atomic E-state index is 0.0290. The fraction of sp³-hybridized carbons (Fsp3) is 0.310. The van der Waals surface area contributed by atoms with Crippen LogP contribution >= 0.6 is 23.2 Å². The first-order chi connectivity index (χ1) is 21.7. The number of aromatic nitrogens is 3. The number of sulfonamides is 2. The fourth-order valence-corrected chi connectivity index (χ4v) is 8.63. The fourth-order valence-electron chi connectivity index (χ4n) is 5.32. The number of nitrogens with zero attached hydrogens (tertiary/aromatic N) is 5. The topological polar surface area (TPSA) is 158 Å². The SMILES string of the molecule is CCOC(=O)c1cn(-c2ccc(N(S(C)(=O)=O)S(C)(=O)=O)nc2)c2cc(N3CCC[C@@H]3COc3ncccc3Cl)c(Cl)cc2c1=O. The number of ether oxygens (including phenoxy) is 2. The minimum Gasteiger partial charge on any atom is -0.474 e. The maximum absolute atomic E-state index is 13.6. The molecule has 0 aliphatic carbocycles. The van der Waals surface area contributed by atoms with Gasteiger partial charge in [0.2, 0.25) is 31.4 Å². The van der Waals surface area contributed by atoms with Crippen molar-refractivity contribution >= 4 is 71.6 Å². The number of fused-ring (bicyclic) bond motifs is 1. The van der Waals surface area contributed by atoms with E-state index in [4.69, 9.17) is 32.7 Å². The van der Waals surface area contributed by atoms with Crippen molar-refractivity contribution in [3.8, 4) is 11.6 Å². The molecule has 0 N–H and O–H groups in total. The van der Waals surface area contributed by atoms with E-state index in [1.54, 1.807) is 31.3 Å². The number of esters is 1. The first-order valence-corrected chi connectivity index (χ1v) is 18.4. The zero-order valence-corrected chi connectivity index (χ0v) is 28.0. The maximum Gasteiger partial charge on any atom is 0.343 e. The van der Waals surface area contributed by atoms with Gasteiger partial charge in [0.15, 0.2) is 5.82 Å². The Morgan fingerprint density at radius 1 is 1.07 bits per heavy atom. The van der Waals surface area contributed by atoms with Gasteiger partial charge in [0.1, 0.15) is 17.2 Å². The molecule has 1 aliphatic rings. The van der Waals surface area contributed by atoms with Crippen molar-refractivity contribution in [1.82, 2.24) is 14.5 Å². The van der Waals surface area contributed by atoms with Gasteiger partial charge >= 0.3 is 5.97 Å². The lowest BCUT2D eigenvalue weighted by Crippen LogP contribution is -2.35. The Hall–Kier alpha value is -3.92. The van der Waals surface area contributed by atoms with Crippen molar-refractivity contribution in [2.24, 2.45) is 0 Å². The molecule has 4 heterocycles. The molecule has 1 fully saturated rings. The molecule has 4 aromatic rings. The molecule has 3 aromatic heterocycles. The third kappa shape index (κ3) is 6.77. The lowest BCUT2D eigenvalue weighted by Gasteiger charge is -2.28. The molecule has 0 amide bonds. The van der Waals surface area contributed by atoms with E-state index in [2.05, 4.69) is 14.9 Å². The second-order valence-corrected chi connectivity index (χ2v) is 15.2. The highest BCUT2D eigenvalue weighted by molar-refractivity contribution is 8.09. The van der Waals surface area contributed by atoms with Gasteiger partial charge in [0.05, 0.1) is 53.3 Å². The molecule has 1 aromatic carbocycles. The van der Waals surface area contributed by atoms with E-state index in [1.165, 1.54) is 35.2 Å². The van der Waals surface area contributed by atoms with E-state index in [0.717, 1.165) is 25.4 Å². The lowest BCUT2D eigenvalue weighted by atomic mass is 10.1. The monoisotopic (exact) mass is 709 g/mol. The second-order valence-electron chi connectivity index (χ2n) is 10.5. The highest BCUT2D eigenvalue weighted by atomic mass is 35.5. The smallest absolute Gasteiger partial charge is 0.343 e. The highest BCUT2D eigenvalue weighted by Gasteiger charge is 2.30. The van der Waals surface area contributed by atoms with Crippen LogP contribution in [0.5, 0.6) is 5.88 Å². The Bertz CT molecular complexity index is 2060. The van der Waals surface area contributed by atoms with Crippen LogP contribution in [0.25, 0.3) is 16.6 Å². The average molecular weight is 711 g/mol. The van der Waals surface area contributed by atoms with Crippen LogP contribution in [0.2, 0.25) is 10.0 Å². The molecule has 1 aliphatic heterocycles. The molecule has 0 unspecified atom stereocenters. The van der Waals surface area contributed by atoms with Crippen LogP contribution in [0.1, 0.15) is 30.1 Å². The molecule has 46 heavy (non-hydrogen) atoms. The Balaban J connectivity index is 1.63. The number of hydrogen-bond donors (Lipinski definition) is 0. The molecule has 5 rings (SSSR count). The number of rotatable bonds is 10. The van der Waals surface area contributed by atoms with Gasteiger partial charge in [-0.1, -0.05) is 23.2 Å². The zero-order valence-electron chi connectivity index (χ0n) is 24.9. The molecule has 17 heteroatoms. The van der Waals surface area contributed by atoms with Gasteiger partial charge in [-0.2, -0.15) is 0 Å². The second kappa shape index (κ2) is 13.1. The van der Waals surface area contributed by atoms with E-state index in [-0.39, 0.29) is 44.8 Å². The molecular weight excluding hydrogens is 681 g/mol. The molecule has 0 radical (unpaired) electrons. The summed E-state index contributed by atoms with van der Waals surface area (Å²) in [6, 6.07) is 9.10. The largest absolute Gasteiger partial charge is 0.474 e. The summed E-state index contributed by atoms with van der Waals surface area (Å²) >= 11 is 13.0. The van der Waals surface area contributed by atoms with Crippen LogP contribution in [0.15, 0.2) is 59.8 Å². The van der Waals surface area contributed by atoms with Crippen LogP contribution in [-0.2, 0) is 24.8 Å². The Morgan fingerprint density at radius 2 is 1.80 bits per heavy atom. The summed E-state index contributed by atoms with van der Waals surface area (Å²) < 4.78 is 61.9. The predicted octanol–water partition coefficient (Wildman–Crippen LogP) is 4.04. The summed E-state index contributed by atoms with van der Waals surface area (Å²) in [6.45, 7) is 2.55. The van der Waals surface area contributed by atoms with Gasteiger partial charge in [-0.05, 0) is 56.2 Å². The van der Waals surface area contributed by atoms with E-state index in [0.29, 0.717) is 34.3 Å². The van der Waals surface area contributed by atoms with Crippen molar-refractivity contribution in [1.29, 1.82) is 0 Å². The number of anilines is 2. The normalized spacial score (nSPS) is 15.2. The van der Waals surface area contributed by atoms with Gasteiger partial charge in [-0.15, -0.1) is 3.71 Å². The van der Waals surface area contributed by atoms with E-state index < -0.39 is 31.4 Å². The van der Waals surface area contributed by atoms with Gasteiger partial charge < -0.3 is 18.9 Å². The maximum atomic E-state index is 13.6. The molecule has 0 spiro atoms. The minimum atomic E-state index is -4.24. The first kappa shape index (κ1) is 33.4. The van der Waals surface area contributed by atoms with E-state index >= 15 is 0 Å². The molecule has 0 saturated carbocycles. The van der Waals surface area contributed by atoms with Crippen LogP contribution in [0, 0.1) is 0 Å². The summed E-state index contributed by atoms with van der Waals surface area (Å²) in [5.74, 6) is -0.901. The molecule has 244 valence electrons. The summed E-state index contributed by atoms with van der Waals surface area (Å²) in [6.07, 6.45) is 7.24. The zero-order chi connectivity index (χ0) is 33.4. The standard InChI is InChI=1S/C29H29Cl2N5O8S2/c1-4-43-29(38)21-16-35(18-9-10-26(33-15-18)36(45(2,39)40)46(3,41)42)24-14-25(23(31)13-20(24)27(21)37)34-12-6-7-19(34)17-44-28-22(30)8-5-11-32-28/h5,8-11,13-16,19H,4,6-7,12,17H2,1-3H3/t19-/m1/s1. The number of carbonyl (C=O) groups excluding carboxylic acids is 1. The third-order valence-electron chi connectivity index (χ3n) is 7.19. The number of pyridine rings is 3. The van der Waals surface area contributed by atoms with Gasteiger partial charge in [0, 0.05) is 24.3 Å². The van der Waals surface area contributed by atoms with Crippen LogP contribution in [-0.4, -0.2) is 75.7 Å². The van der Waals surface area contributed by atoms with E-state index in [9.17, 15) is 26.4 Å². The number of carbonyl (C=O) groups is 1. The summed E-state index contributed by atoms with van der Waals surface area (Å²) in [7, 11) is -8.47.